The van der Waals surface area contributed by atoms with Gasteiger partial charge in [-0.25, -0.2) is 9.59 Å². The monoisotopic (exact) mass is 546 g/mol. The van der Waals surface area contributed by atoms with Gasteiger partial charge in [-0.15, -0.1) is 0 Å². The van der Waals surface area contributed by atoms with Gasteiger partial charge in [-0.05, 0) is 99.3 Å². The first-order chi connectivity index (χ1) is 18.3. The van der Waals surface area contributed by atoms with Crippen LogP contribution in [0.3, 0.4) is 0 Å². The number of hydrogen-bond acceptors (Lipinski definition) is 4. The summed E-state index contributed by atoms with van der Waals surface area (Å²) in [5.74, 6) is 2.78. The first kappa shape index (κ1) is 27.5. The standard InChI is InChI=1S/C29H43ClN4O4/c1-31-17-25(16-29-14-19-10-20(15-29)12-23(29)11-19)33-27(35)34-8-3-5-22(18-34)26(38-9-7-32-28(36)37)21-4-2-6-24(30)13-21/h2,4,6,13,19-20,22-23,25-26,31-32H,3,5,7-12,14-18H2,1H3,(H,33,35)(H,36,37)/t19-,20?,22?,23?,25+,26+,29?/m1/s1. The Morgan fingerprint density at radius 1 is 1.24 bits per heavy atom. The van der Waals surface area contributed by atoms with Gasteiger partial charge in [-0.2, -0.15) is 0 Å². The Labute approximate surface area is 231 Å². The van der Waals surface area contributed by atoms with Crippen molar-refractivity contribution in [3.05, 3.63) is 34.9 Å². The van der Waals surface area contributed by atoms with Gasteiger partial charge in [0.05, 0.1) is 12.7 Å². The highest BCUT2D eigenvalue weighted by Crippen LogP contribution is 2.67. The lowest BCUT2D eigenvalue weighted by Gasteiger charge is -2.39. The van der Waals surface area contributed by atoms with Crippen LogP contribution in [-0.4, -0.2) is 68.0 Å². The number of carbonyl (C=O) groups excluding carboxylic acids is 1. The lowest BCUT2D eigenvalue weighted by molar-refractivity contribution is -0.00857. The number of halogens is 1. The first-order valence-electron chi connectivity index (χ1n) is 14.4. The Kier molecular flexibility index (Phi) is 8.70. The molecular weight excluding hydrogens is 504 g/mol. The predicted octanol–water partition coefficient (Wildman–Crippen LogP) is 4.89. The highest BCUT2D eigenvalue weighted by Gasteiger charge is 2.57. The highest BCUT2D eigenvalue weighted by atomic mass is 35.5. The molecule has 210 valence electrons. The van der Waals surface area contributed by atoms with E-state index >= 15 is 0 Å². The minimum atomic E-state index is -1.07. The van der Waals surface area contributed by atoms with E-state index in [-0.39, 0.29) is 37.2 Å². The molecule has 0 radical (unpaired) electrons. The average molecular weight is 547 g/mol. The third-order valence-corrected chi connectivity index (χ3v) is 9.85. The molecule has 1 aromatic rings. The minimum absolute atomic E-state index is 0.0152. The van der Waals surface area contributed by atoms with Crippen molar-refractivity contribution in [2.24, 2.45) is 29.1 Å². The second-order valence-corrected chi connectivity index (χ2v) is 12.7. The molecule has 4 bridgehead atoms. The summed E-state index contributed by atoms with van der Waals surface area (Å²) in [5, 5.41) is 18.6. The fourth-order valence-corrected chi connectivity index (χ4v) is 8.65. The fraction of sp³-hybridized carbons (Fsp3) is 0.724. The van der Waals surface area contributed by atoms with E-state index in [2.05, 4.69) is 16.0 Å². The van der Waals surface area contributed by atoms with Gasteiger partial charge < -0.3 is 30.7 Å². The predicted molar refractivity (Wildman–Crippen MR) is 147 cm³/mol. The Morgan fingerprint density at radius 3 is 2.74 bits per heavy atom. The largest absolute Gasteiger partial charge is 0.465 e. The summed E-state index contributed by atoms with van der Waals surface area (Å²) in [4.78, 5) is 26.4. The zero-order chi connectivity index (χ0) is 26.7. The van der Waals surface area contributed by atoms with Crippen LogP contribution in [0.25, 0.3) is 0 Å². The Morgan fingerprint density at radius 2 is 2.03 bits per heavy atom. The number of carboxylic acid groups (broad SMARTS) is 1. The van der Waals surface area contributed by atoms with Crippen LogP contribution in [-0.2, 0) is 4.74 Å². The van der Waals surface area contributed by atoms with Gasteiger partial charge in [-0.3, -0.25) is 0 Å². The summed E-state index contributed by atoms with van der Waals surface area (Å²) in [6.45, 7) is 2.58. The normalized spacial score (nSPS) is 31.3. The van der Waals surface area contributed by atoms with Gasteiger partial charge >= 0.3 is 12.1 Å². The van der Waals surface area contributed by atoms with E-state index in [9.17, 15) is 9.59 Å². The van der Waals surface area contributed by atoms with E-state index in [1.807, 2.05) is 36.2 Å². The Hall–Kier alpha value is -2.03. The number of likely N-dealkylation sites (tertiary alicyclic amines) is 1. The molecule has 9 heteroatoms. The molecule has 0 aromatic heterocycles. The van der Waals surface area contributed by atoms with Crippen LogP contribution >= 0.6 is 11.6 Å². The van der Waals surface area contributed by atoms with Crippen molar-refractivity contribution >= 4 is 23.7 Å². The number of hydrogen-bond donors (Lipinski definition) is 4. The quantitative estimate of drug-likeness (QED) is 0.296. The molecule has 7 atom stereocenters. The molecule has 4 unspecified atom stereocenters. The lowest BCUT2D eigenvalue weighted by Crippen LogP contribution is -2.52. The summed E-state index contributed by atoms with van der Waals surface area (Å²) in [7, 11) is 1.97. The third kappa shape index (κ3) is 6.23. The van der Waals surface area contributed by atoms with E-state index in [1.54, 1.807) is 0 Å². The second-order valence-electron chi connectivity index (χ2n) is 12.2. The molecule has 4 aliphatic carbocycles. The molecule has 4 N–H and O–H groups in total. The van der Waals surface area contributed by atoms with Crippen molar-refractivity contribution in [3.8, 4) is 0 Å². The molecule has 5 fully saturated rings. The van der Waals surface area contributed by atoms with Gasteiger partial charge in [-0.1, -0.05) is 23.7 Å². The van der Waals surface area contributed by atoms with Crippen LogP contribution in [0.5, 0.6) is 0 Å². The molecule has 0 spiro atoms. The molecule has 6 rings (SSSR count). The average Bonchev–Trinajstić information content (AvgIpc) is 3.26. The molecule has 5 aliphatic rings. The number of benzene rings is 1. The topological polar surface area (TPSA) is 103 Å². The molecule has 1 saturated heterocycles. The molecule has 1 aromatic carbocycles. The Bertz CT molecular complexity index is 979. The zero-order valence-electron chi connectivity index (χ0n) is 22.5. The maximum absolute atomic E-state index is 13.6. The minimum Gasteiger partial charge on any atom is -0.465 e. The summed E-state index contributed by atoms with van der Waals surface area (Å²) < 4.78 is 6.22. The van der Waals surface area contributed by atoms with Gasteiger partial charge in [0.1, 0.15) is 0 Å². The summed E-state index contributed by atoms with van der Waals surface area (Å²) in [6, 6.07) is 7.78. The number of amides is 3. The van der Waals surface area contributed by atoms with Crippen LogP contribution in [0.2, 0.25) is 5.02 Å². The fourth-order valence-electron chi connectivity index (χ4n) is 8.45. The number of urea groups is 1. The van der Waals surface area contributed by atoms with Crippen molar-refractivity contribution in [1.29, 1.82) is 0 Å². The second kappa shape index (κ2) is 12.0. The number of rotatable bonds is 11. The van der Waals surface area contributed by atoms with Crippen LogP contribution in [0.1, 0.15) is 63.0 Å². The molecule has 4 saturated carbocycles. The summed E-state index contributed by atoms with van der Waals surface area (Å²) in [6.07, 6.45) is 8.52. The first-order valence-corrected chi connectivity index (χ1v) is 14.8. The summed E-state index contributed by atoms with van der Waals surface area (Å²) in [5.41, 5.74) is 1.39. The van der Waals surface area contributed by atoms with E-state index < -0.39 is 6.09 Å². The van der Waals surface area contributed by atoms with Gasteiger partial charge in [0.15, 0.2) is 0 Å². The van der Waals surface area contributed by atoms with Crippen molar-refractivity contribution in [2.45, 2.75) is 63.5 Å². The molecule has 8 nitrogen and oxygen atoms in total. The van der Waals surface area contributed by atoms with Crippen molar-refractivity contribution in [2.75, 3.05) is 39.8 Å². The summed E-state index contributed by atoms with van der Waals surface area (Å²) >= 11 is 6.29. The molecular formula is C29H43ClN4O4. The van der Waals surface area contributed by atoms with Crippen molar-refractivity contribution in [3.63, 3.8) is 0 Å². The number of likely N-dealkylation sites (N-methyl/N-ethyl adjacent to an activating group) is 1. The SMILES string of the molecule is CNC[C@H](CC12CC3CC1C[C@@H](C3)C2)NC(=O)N1CCCC([C@@H](OCCNC(=O)O)c2cccc(Cl)c2)C1. The van der Waals surface area contributed by atoms with Crippen LogP contribution in [0, 0.1) is 29.1 Å². The third-order valence-electron chi connectivity index (χ3n) is 9.62. The molecule has 3 amide bonds. The van der Waals surface area contributed by atoms with E-state index in [0.717, 1.165) is 55.7 Å². The van der Waals surface area contributed by atoms with E-state index in [0.29, 0.717) is 17.0 Å². The smallest absolute Gasteiger partial charge is 0.404 e. The Balaban J connectivity index is 1.22. The number of ether oxygens (including phenoxy) is 1. The van der Waals surface area contributed by atoms with Crippen LogP contribution in [0.4, 0.5) is 9.59 Å². The van der Waals surface area contributed by atoms with Gasteiger partial charge in [0.2, 0.25) is 0 Å². The van der Waals surface area contributed by atoms with E-state index in [1.165, 1.54) is 32.1 Å². The van der Waals surface area contributed by atoms with E-state index in [4.69, 9.17) is 21.4 Å². The molecule has 38 heavy (non-hydrogen) atoms. The highest BCUT2D eigenvalue weighted by molar-refractivity contribution is 6.30. The zero-order valence-corrected chi connectivity index (χ0v) is 23.2. The number of nitrogens with zero attached hydrogens (tertiary/aromatic N) is 1. The van der Waals surface area contributed by atoms with Crippen LogP contribution in [0.15, 0.2) is 24.3 Å². The van der Waals surface area contributed by atoms with Crippen molar-refractivity contribution in [1.82, 2.24) is 20.9 Å². The number of carbonyl (C=O) groups is 2. The van der Waals surface area contributed by atoms with Crippen molar-refractivity contribution < 1.29 is 19.4 Å². The molecule has 1 heterocycles. The molecule has 1 aliphatic heterocycles. The van der Waals surface area contributed by atoms with Gasteiger partial charge in [0, 0.05) is 43.2 Å². The van der Waals surface area contributed by atoms with Gasteiger partial charge in [0.25, 0.3) is 0 Å². The number of nitrogens with one attached hydrogen (secondary N) is 3. The maximum Gasteiger partial charge on any atom is 0.404 e. The number of piperidine rings is 1. The lowest BCUT2D eigenvalue weighted by atomic mass is 9.72. The maximum atomic E-state index is 13.6. The van der Waals surface area contributed by atoms with Crippen LogP contribution < -0.4 is 16.0 Å².